The van der Waals surface area contributed by atoms with Crippen molar-refractivity contribution in [1.29, 1.82) is 0 Å². The first-order valence-electron chi connectivity index (χ1n) is 11.0. The first-order valence-corrected chi connectivity index (χ1v) is 11.4. The molecule has 1 amide bonds. The van der Waals surface area contributed by atoms with Gasteiger partial charge in [0.05, 0.1) is 12.1 Å². The van der Waals surface area contributed by atoms with Crippen LogP contribution in [-0.4, -0.2) is 33.5 Å². The largest absolute Gasteiger partial charge is 0.385 e. The maximum absolute atomic E-state index is 13.6. The van der Waals surface area contributed by atoms with E-state index in [1.165, 1.54) is 0 Å². The van der Waals surface area contributed by atoms with Crippen LogP contribution in [0.4, 0.5) is 0 Å². The summed E-state index contributed by atoms with van der Waals surface area (Å²) in [5.74, 6) is 0.717. The van der Waals surface area contributed by atoms with Crippen LogP contribution >= 0.6 is 11.6 Å². The summed E-state index contributed by atoms with van der Waals surface area (Å²) < 4.78 is 2.09. The molecule has 3 heterocycles. The van der Waals surface area contributed by atoms with Gasteiger partial charge in [-0.1, -0.05) is 43.2 Å². The smallest absolute Gasteiger partial charge is 0.347 e. The van der Waals surface area contributed by atoms with Gasteiger partial charge in [0, 0.05) is 24.9 Å². The number of nitrogens with one attached hydrogen (secondary N) is 1. The zero-order chi connectivity index (χ0) is 20.0. The molecule has 1 aromatic carbocycles. The van der Waals surface area contributed by atoms with Crippen molar-refractivity contribution in [2.45, 2.75) is 69.6 Å². The highest BCUT2D eigenvalue weighted by Gasteiger charge is 2.51. The van der Waals surface area contributed by atoms with Crippen LogP contribution in [-0.2, 0) is 18.6 Å². The first kappa shape index (κ1) is 19.1. The third-order valence-corrected chi connectivity index (χ3v) is 7.65. The maximum Gasteiger partial charge on any atom is 0.347 e. The number of imidazole rings is 1. The molecule has 1 aromatic heterocycles. The maximum atomic E-state index is 13.6. The van der Waals surface area contributed by atoms with Crippen molar-refractivity contribution in [2.24, 2.45) is 5.92 Å². The van der Waals surface area contributed by atoms with Gasteiger partial charge in [-0.25, -0.2) is 9.55 Å². The molecule has 29 heavy (non-hydrogen) atoms. The summed E-state index contributed by atoms with van der Waals surface area (Å²) in [6.45, 7) is 1.41. The molecule has 0 spiro atoms. The van der Waals surface area contributed by atoms with Gasteiger partial charge in [-0.05, 0) is 49.3 Å². The molecule has 0 unspecified atom stereocenters. The van der Waals surface area contributed by atoms with E-state index in [4.69, 9.17) is 11.6 Å². The number of hydrogen-bond donors (Lipinski definition) is 2. The molecule has 5 rings (SSSR count). The number of fused-ring (bicyclic) bond motifs is 2. The molecule has 2 fully saturated rings. The summed E-state index contributed by atoms with van der Waals surface area (Å²) in [6.07, 6.45) is 7.80. The van der Waals surface area contributed by atoms with Crippen molar-refractivity contribution < 1.29 is 14.5 Å². The van der Waals surface area contributed by atoms with E-state index in [0.717, 1.165) is 62.7 Å². The predicted octanol–water partition coefficient (Wildman–Crippen LogP) is 3.58. The van der Waals surface area contributed by atoms with Gasteiger partial charge in [0.25, 0.3) is 0 Å². The van der Waals surface area contributed by atoms with Gasteiger partial charge in [0.1, 0.15) is 0 Å². The Kier molecular flexibility index (Phi) is 4.91. The van der Waals surface area contributed by atoms with E-state index in [1.54, 1.807) is 0 Å². The average molecular weight is 415 g/mol. The van der Waals surface area contributed by atoms with Gasteiger partial charge in [0.15, 0.2) is 5.69 Å². The molecule has 2 N–H and O–H groups in total. The van der Waals surface area contributed by atoms with E-state index in [-0.39, 0.29) is 17.9 Å². The van der Waals surface area contributed by atoms with Crippen LogP contribution in [0, 0.1) is 5.92 Å². The molecule has 154 valence electrons. The quantitative estimate of drug-likeness (QED) is 0.738. The van der Waals surface area contributed by atoms with Gasteiger partial charge in [-0.15, -0.1) is 0 Å². The fourth-order valence-electron chi connectivity index (χ4n) is 5.88. The number of H-pyrrole nitrogens is 1. The second-order valence-electron chi connectivity index (χ2n) is 8.84. The Morgan fingerprint density at radius 1 is 1.17 bits per heavy atom. The van der Waals surface area contributed by atoms with Crippen molar-refractivity contribution in [1.82, 2.24) is 9.88 Å². The summed E-state index contributed by atoms with van der Waals surface area (Å²) in [6, 6.07) is 10.1. The van der Waals surface area contributed by atoms with E-state index >= 15 is 0 Å². The average Bonchev–Trinajstić information content (AvgIpc) is 3.11. The summed E-state index contributed by atoms with van der Waals surface area (Å²) in [4.78, 5) is 18.8. The Hall–Kier alpha value is -1.85. The van der Waals surface area contributed by atoms with E-state index in [9.17, 15) is 9.90 Å². The van der Waals surface area contributed by atoms with E-state index in [1.807, 2.05) is 35.2 Å². The van der Waals surface area contributed by atoms with Crippen LogP contribution in [0.3, 0.4) is 0 Å². The number of benzene rings is 1. The summed E-state index contributed by atoms with van der Waals surface area (Å²) in [7, 11) is 0. The topological polar surface area (TPSA) is 60.2 Å². The number of carbonyl (C=O) groups excluding carboxylic acids is 1. The van der Waals surface area contributed by atoms with Crippen molar-refractivity contribution >= 4 is 17.5 Å². The molecule has 2 aromatic rings. The van der Waals surface area contributed by atoms with E-state index in [0.29, 0.717) is 23.9 Å². The lowest BCUT2D eigenvalue weighted by atomic mass is 9.66. The van der Waals surface area contributed by atoms with Crippen molar-refractivity contribution in [3.63, 3.8) is 0 Å². The number of likely N-dealkylation sites (tertiary alicyclic amines) is 1. The molecule has 0 bridgehead atoms. The van der Waals surface area contributed by atoms with Gasteiger partial charge in [0.2, 0.25) is 5.15 Å². The lowest BCUT2D eigenvalue weighted by Crippen LogP contribution is -2.60. The third kappa shape index (κ3) is 3.10. The highest BCUT2D eigenvalue weighted by Crippen LogP contribution is 2.47. The van der Waals surface area contributed by atoms with Gasteiger partial charge in [-0.3, -0.25) is 4.79 Å². The number of aliphatic hydroxyl groups is 1. The molecule has 1 saturated heterocycles. The number of halogens is 1. The standard InChI is InChI=1S/C23H28ClN3O2/c24-20-19-12-6-7-14-26(19)21(25-20)22(28)27-15-13-23(29,16-8-2-1-3-9-16)17-10-4-5-11-18(17)27/h1-3,8-9,17-18,29H,4-7,10-15H2/p+1/t17-,18+,23-/m0/s1. The normalized spacial score (nSPS) is 29.2. The number of piperidine rings is 1. The number of aromatic amines is 1. The molecule has 0 radical (unpaired) electrons. The molecule has 6 heteroatoms. The Morgan fingerprint density at radius 2 is 1.97 bits per heavy atom. The van der Waals surface area contributed by atoms with Gasteiger partial charge < -0.3 is 10.0 Å². The van der Waals surface area contributed by atoms with Crippen LogP contribution < -0.4 is 4.57 Å². The predicted molar refractivity (Wildman–Crippen MR) is 111 cm³/mol. The second kappa shape index (κ2) is 7.44. The molecule has 1 saturated carbocycles. The summed E-state index contributed by atoms with van der Waals surface area (Å²) in [5, 5.41) is 12.3. The highest BCUT2D eigenvalue weighted by molar-refractivity contribution is 6.30. The monoisotopic (exact) mass is 414 g/mol. The number of carbonyl (C=O) groups is 1. The minimum Gasteiger partial charge on any atom is -0.385 e. The highest BCUT2D eigenvalue weighted by atomic mass is 35.5. The fourth-order valence-corrected chi connectivity index (χ4v) is 6.16. The van der Waals surface area contributed by atoms with Crippen LogP contribution in [0.25, 0.3) is 0 Å². The minimum atomic E-state index is -0.858. The zero-order valence-corrected chi connectivity index (χ0v) is 17.5. The number of hydrogen-bond acceptors (Lipinski definition) is 2. The third-order valence-electron chi connectivity index (χ3n) is 7.34. The first-order chi connectivity index (χ1) is 14.1. The van der Waals surface area contributed by atoms with Gasteiger partial charge >= 0.3 is 11.7 Å². The summed E-state index contributed by atoms with van der Waals surface area (Å²) in [5.41, 5.74) is 1.18. The van der Waals surface area contributed by atoms with E-state index < -0.39 is 5.60 Å². The number of aromatic nitrogens is 2. The number of nitrogens with zero attached hydrogens (tertiary/aromatic N) is 2. The molecule has 3 aliphatic rings. The zero-order valence-electron chi connectivity index (χ0n) is 16.7. The van der Waals surface area contributed by atoms with Crippen LogP contribution in [0.2, 0.25) is 5.15 Å². The van der Waals surface area contributed by atoms with E-state index in [2.05, 4.69) is 9.55 Å². The number of amides is 1. The fraction of sp³-hybridized carbons (Fsp3) is 0.565. The van der Waals surface area contributed by atoms with Crippen LogP contribution in [0.1, 0.15) is 66.8 Å². The van der Waals surface area contributed by atoms with Crippen LogP contribution in [0.5, 0.6) is 0 Å². The van der Waals surface area contributed by atoms with Crippen LogP contribution in [0.15, 0.2) is 30.3 Å². The summed E-state index contributed by atoms with van der Waals surface area (Å²) >= 11 is 6.42. The lowest BCUT2D eigenvalue weighted by Gasteiger charge is -2.52. The number of rotatable bonds is 2. The molecule has 3 atom stereocenters. The second-order valence-corrected chi connectivity index (χ2v) is 9.22. The molecular formula is C23H29ClN3O2+. The molecule has 2 aliphatic heterocycles. The van der Waals surface area contributed by atoms with Crippen molar-refractivity contribution in [3.05, 3.63) is 52.6 Å². The molecule has 5 nitrogen and oxygen atoms in total. The minimum absolute atomic E-state index is 0.0343. The van der Waals surface area contributed by atoms with Crippen molar-refractivity contribution in [2.75, 3.05) is 6.54 Å². The Morgan fingerprint density at radius 3 is 2.79 bits per heavy atom. The Bertz CT molecular complexity index is 912. The Balaban J connectivity index is 1.48. The molecule has 1 aliphatic carbocycles. The SMILES string of the molecule is O=C(c1[nH]c(Cl)c2[n+]1CCCC2)N1CC[C@](O)(c2ccccc2)[C@H]2CCCC[C@H]21. The Labute approximate surface area is 176 Å². The van der Waals surface area contributed by atoms with Crippen molar-refractivity contribution in [3.8, 4) is 0 Å². The molecular weight excluding hydrogens is 386 g/mol. The lowest BCUT2D eigenvalue weighted by molar-refractivity contribution is -0.709. The van der Waals surface area contributed by atoms with Gasteiger partial charge in [-0.2, -0.15) is 0 Å².